The minimum absolute atomic E-state index is 0.262. The fourth-order valence-corrected chi connectivity index (χ4v) is 2.42. The zero-order chi connectivity index (χ0) is 18.5. The lowest BCUT2D eigenvalue weighted by Gasteiger charge is -2.11. The van der Waals surface area contributed by atoms with E-state index in [0.29, 0.717) is 22.9 Å². The quantitative estimate of drug-likeness (QED) is 0.748. The first-order valence-electron chi connectivity index (χ1n) is 8.05. The fourth-order valence-electron chi connectivity index (χ4n) is 2.42. The summed E-state index contributed by atoms with van der Waals surface area (Å²) >= 11 is 0. The lowest BCUT2D eigenvalue weighted by molar-refractivity contribution is 0.102. The van der Waals surface area contributed by atoms with E-state index in [0.717, 1.165) is 11.3 Å². The Bertz CT molecular complexity index is 990. The second kappa shape index (κ2) is 7.45. The smallest absolute Gasteiger partial charge is 0.274 e. The lowest BCUT2D eigenvalue weighted by atomic mass is 10.2. The lowest BCUT2D eigenvalue weighted by Crippen LogP contribution is -2.15. The second-order valence-corrected chi connectivity index (χ2v) is 5.77. The molecule has 26 heavy (non-hydrogen) atoms. The van der Waals surface area contributed by atoms with Crippen molar-refractivity contribution in [3.05, 3.63) is 77.2 Å². The molecule has 0 saturated heterocycles. The van der Waals surface area contributed by atoms with Gasteiger partial charge in [-0.3, -0.25) is 4.79 Å². The number of nitriles is 1. The molecule has 0 aliphatic carbocycles. The maximum Gasteiger partial charge on any atom is 0.274 e. The number of carbonyl (C=O) groups excluding carboxylic acids is 1. The number of para-hydroxylation sites is 1. The third-order valence-corrected chi connectivity index (χ3v) is 3.75. The number of aryl methyl sites for hydroxylation is 2. The van der Waals surface area contributed by atoms with Gasteiger partial charge in [-0.25, -0.2) is 9.97 Å². The molecule has 0 fully saturated rings. The second-order valence-electron chi connectivity index (χ2n) is 5.77. The number of hydrogen-bond acceptors (Lipinski definition) is 5. The molecule has 3 aromatic rings. The third-order valence-electron chi connectivity index (χ3n) is 3.75. The van der Waals surface area contributed by atoms with Crippen LogP contribution in [0.2, 0.25) is 0 Å². The van der Waals surface area contributed by atoms with Crippen molar-refractivity contribution < 1.29 is 4.79 Å². The van der Waals surface area contributed by atoms with Crippen LogP contribution in [0.3, 0.4) is 0 Å². The van der Waals surface area contributed by atoms with Gasteiger partial charge in [0.1, 0.15) is 17.3 Å². The number of nitrogens with zero attached hydrogens (tertiary/aromatic N) is 3. The summed E-state index contributed by atoms with van der Waals surface area (Å²) in [5.41, 5.74) is 3.39. The van der Waals surface area contributed by atoms with Crippen LogP contribution in [0.15, 0.2) is 54.6 Å². The molecule has 0 spiro atoms. The van der Waals surface area contributed by atoms with Gasteiger partial charge < -0.3 is 10.6 Å². The van der Waals surface area contributed by atoms with Gasteiger partial charge in [0.05, 0.1) is 11.6 Å². The Labute approximate surface area is 151 Å². The van der Waals surface area contributed by atoms with Crippen LogP contribution in [0.1, 0.15) is 27.4 Å². The van der Waals surface area contributed by atoms with Gasteiger partial charge in [-0.2, -0.15) is 5.26 Å². The maximum absolute atomic E-state index is 12.5. The maximum atomic E-state index is 12.5. The Morgan fingerprint density at radius 1 is 1.04 bits per heavy atom. The standard InChI is InChI=1S/C20H17N5O/c1-13-5-3-4-6-17(13)25-19-11-18(22-14(2)23-19)20(26)24-16-9-7-15(12-21)8-10-16/h3-11H,1-2H3,(H,24,26)(H,22,23,25). The number of hydrogen-bond donors (Lipinski definition) is 2. The van der Waals surface area contributed by atoms with Gasteiger partial charge in [0, 0.05) is 17.4 Å². The highest BCUT2D eigenvalue weighted by Crippen LogP contribution is 2.19. The molecular formula is C20H17N5O. The van der Waals surface area contributed by atoms with Crippen molar-refractivity contribution in [2.75, 3.05) is 10.6 Å². The Balaban J connectivity index is 1.81. The van der Waals surface area contributed by atoms with Crippen molar-refractivity contribution in [2.45, 2.75) is 13.8 Å². The molecule has 1 aromatic heterocycles. The van der Waals surface area contributed by atoms with E-state index < -0.39 is 0 Å². The van der Waals surface area contributed by atoms with Crippen LogP contribution in [-0.2, 0) is 0 Å². The molecule has 0 bridgehead atoms. The number of anilines is 3. The summed E-state index contributed by atoms with van der Waals surface area (Å²) in [4.78, 5) is 21.1. The molecule has 6 heteroatoms. The van der Waals surface area contributed by atoms with Crippen LogP contribution in [-0.4, -0.2) is 15.9 Å². The molecule has 0 aliphatic heterocycles. The van der Waals surface area contributed by atoms with Crippen LogP contribution in [0.25, 0.3) is 0 Å². The average Bonchev–Trinajstić information content (AvgIpc) is 2.64. The number of rotatable bonds is 4. The zero-order valence-electron chi connectivity index (χ0n) is 14.4. The monoisotopic (exact) mass is 343 g/mol. The molecule has 0 atom stereocenters. The zero-order valence-corrected chi connectivity index (χ0v) is 14.4. The first-order chi connectivity index (χ1) is 12.5. The van der Waals surface area contributed by atoms with E-state index in [4.69, 9.17) is 5.26 Å². The summed E-state index contributed by atoms with van der Waals surface area (Å²) < 4.78 is 0. The van der Waals surface area contributed by atoms with Gasteiger partial charge in [-0.15, -0.1) is 0 Å². The third kappa shape index (κ3) is 4.02. The Kier molecular flexibility index (Phi) is 4.90. The summed E-state index contributed by atoms with van der Waals surface area (Å²) in [6.07, 6.45) is 0. The van der Waals surface area contributed by atoms with Crippen LogP contribution < -0.4 is 10.6 Å². The summed E-state index contributed by atoms with van der Waals surface area (Å²) in [6.45, 7) is 3.73. The van der Waals surface area contributed by atoms with Crippen molar-refractivity contribution in [1.29, 1.82) is 5.26 Å². The molecule has 2 aromatic carbocycles. The predicted octanol–water partition coefficient (Wildman–Crippen LogP) is 3.96. The first-order valence-corrected chi connectivity index (χ1v) is 8.05. The Hall–Kier alpha value is -3.72. The topological polar surface area (TPSA) is 90.7 Å². The largest absolute Gasteiger partial charge is 0.340 e. The molecule has 0 aliphatic rings. The summed E-state index contributed by atoms with van der Waals surface area (Å²) in [5.74, 6) is 0.707. The van der Waals surface area contributed by atoms with Gasteiger partial charge in [0.15, 0.2) is 0 Å². The number of aromatic nitrogens is 2. The molecule has 128 valence electrons. The summed E-state index contributed by atoms with van der Waals surface area (Å²) in [5, 5.41) is 14.8. The average molecular weight is 343 g/mol. The number of amides is 1. The van der Waals surface area contributed by atoms with Crippen LogP contribution in [0.5, 0.6) is 0 Å². The summed E-state index contributed by atoms with van der Waals surface area (Å²) in [6, 6.07) is 18.1. The van der Waals surface area contributed by atoms with Crippen LogP contribution in [0, 0.1) is 25.2 Å². The molecule has 0 saturated carbocycles. The van der Waals surface area contributed by atoms with Crippen molar-refractivity contribution in [1.82, 2.24) is 9.97 Å². The van der Waals surface area contributed by atoms with E-state index >= 15 is 0 Å². The Morgan fingerprint density at radius 3 is 2.46 bits per heavy atom. The summed E-state index contributed by atoms with van der Waals surface area (Å²) in [7, 11) is 0. The fraction of sp³-hybridized carbons (Fsp3) is 0.100. The van der Waals surface area contributed by atoms with E-state index in [-0.39, 0.29) is 11.6 Å². The molecule has 0 unspecified atom stereocenters. The SMILES string of the molecule is Cc1nc(Nc2ccccc2C)cc(C(=O)Nc2ccc(C#N)cc2)n1. The molecular weight excluding hydrogens is 326 g/mol. The van der Waals surface area contributed by atoms with Gasteiger partial charge in [-0.1, -0.05) is 18.2 Å². The molecule has 1 amide bonds. The number of carbonyl (C=O) groups is 1. The van der Waals surface area contributed by atoms with Crippen LogP contribution >= 0.6 is 0 Å². The van der Waals surface area contributed by atoms with E-state index in [1.807, 2.05) is 37.3 Å². The van der Waals surface area contributed by atoms with Gasteiger partial charge in [0.2, 0.25) is 0 Å². The molecule has 3 rings (SSSR count). The van der Waals surface area contributed by atoms with Crippen molar-refractivity contribution >= 4 is 23.1 Å². The van der Waals surface area contributed by atoms with Crippen molar-refractivity contribution in [3.63, 3.8) is 0 Å². The van der Waals surface area contributed by atoms with Crippen molar-refractivity contribution in [3.8, 4) is 6.07 Å². The highest BCUT2D eigenvalue weighted by Gasteiger charge is 2.11. The molecule has 1 heterocycles. The van der Waals surface area contributed by atoms with E-state index in [1.54, 1.807) is 37.3 Å². The van der Waals surface area contributed by atoms with E-state index in [9.17, 15) is 4.79 Å². The highest BCUT2D eigenvalue weighted by molar-refractivity contribution is 6.03. The normalized spacial score (nSPS) is 10.0. The minimum Gasteiger partial charge on any atom is -0.340 e. The predicted molar refractivity (Wildman–Crippen MR) is 100 cm³/mol. The van der Waals surface area contributed by atoms with Gasteiger partial charge >= 0.3 is 0 Å². The molecule has 0 radical (unpaired) electrons. The van der Waals surface area contributed by atoms with Crippen LogP contribution in [0.4, 0.5) is 17.2 Å². The van der Waals surface area contributed by atoms with Crippen molar-refractivity contribution in [2.24, 2.45) is 0 Å². The number of benzene rings is 2. The molecule has 2 N–H and O–H groups in total. The highest BCUT2D eigenvalue weighted by atomic mass is 16.1. The first kappa shape index (κ1) is 17.1. The number of nitrogens with one attached hydrogen (secondary N) is 2. The molecule has 6 nitrogen and oxygen atoms in total. The van der Waals surface area contributed by atoms with Gasteiger partial charge in [-0.05, 0) is 49.7 Å². The van der Waals surface area contributed by atoms with E-state index in [1.165, 1.54) is 0 Å². The Morgan fingerprint density at radius 2 is 1.77 bits per heavy atom. The minimum atomic E-state index is -0.340. The van der Waals surface area contributed by atoms with Gasteiger partial charge in [0.25, 0.3) is 5.91 Å². The van der Waals surface area contributed by atoms with E-state index in [2.05, 4.69) is 20.6 Å².